The van der Waals surface area contributed by atoms with Crippen molar-refractivity contribution in [3.05, 3.63) is 11.6 Å². The van der Waals surface area contributed by atoms with Crippen molar-refractivity contribution in [2.45, 2.75) is 70.8 Å². The van der Waals surface area contributed by atoms with Gasteiger partial charge in [0.25, 0.3) is 0 Å². The van der Waals surface area contributed by atoms with Crippen molar-refractivity contribution in [1.29, 1.82) is 0 Å². The van der Waals surface area contributed by atoms with Gasteiger partial charge in [0.15, 0.2) is 12.2 Å². The van der Waals surface area contributed by atoms with Crippen LogP contribution in [0.15, 0.2) is 11.6 Å². The van der Waals surface area contributed by atoms with Crippen molar-refractivity contribution in [1.82, 2.24) is 0 Å². The number of carbonyl (C=O) groups is 4. The first kappa shape index (κ1) is 23.0. The van der Waals surface area contributed by atoms with E-state index in [2.05, 4.69) is 6.08 Å². The Morgan fingerprint density at radius 1 is 0.969 bits per heavy atom. The highest BCUT2D eigenvalue weighted by molar-refractivity contribution is 5.92. The number of allylic oxidation sites excluding steroid dienone is 2. The monoisotopic (exact) mass is 446 g/mol. The lowest BCUT2D eigenvalue weighted by Crippen LogP contribution is -2.52. The molecule has 0 heterocycles. The van der Waals surface area contributed by atoms with Crippen molar-refractivity contribution in [2.75, 3.05) is 13.7 Å². The van der Waals surface area contributed by atoms with Gasteiger partial charge in [-0.05, 0) is 75.0 Å². The van der Waals surface area contributed by atoms with Gasteiger partial charge in [0.1, 0.15) is 0 Å². The molecule has 0 bridgehead atoms. The number of methoxy groups -OCH3 is 1. The number of hydrogen-bond donors (Lipinski definition) is 0. The maximum absolute atomic E-state index is 13.2. The fraction of sp³-hybridized carbons (Fsp3) is 0.760. The molecule has 0 radical (unpaired) electrons. The van der Waals surface area contributed by atoms with Gasteiger partial charge in [-0.15, -0.1) is 0 Å². The maximum Gasteiger partial charge on any atom is 0.308 e. The predicted molar refractivity (Wildman–Crippen MR) is 114 cm³/mol. The van der Waals surface area contributed by atoms with Crippen LogP contribution < -0.4 is 0 Å². The van der Waals surface area contributed by atoms with E-state index >= 15 is 0 Å². The Kier molecular flexibility index (Phi) is 6.46. The molecule has 0 aliphatic heterocycles. The molecule has 3 saturated carbocycles. The zero-order chi connectivity index (χ0) is 23.0. The fourth-order valence-electron chi connectivity index (χ4n) is 7.38. The lowest BCUT2D eigenvalue weighted by Gasteiger charge is -2.50. The first-order chi connectivity index (χ1) is 15.3. The van der Waals surface area contributed by atoms with E-state index in [1.54, 1.807) is 0 Å². The molecule has 0 amide bonds. The summed E-state index contributed by atoms with van der Waals surface area (Å²) in [6, 6.07) is 0. The Morgan fingerprint density at radius 3 is 2.44 bits per heavy atom. The third kappa shape index (κ3) is 3.99. The molecule has 4 aliphatic rings. The molecule has 176 valence electrons. The molecule has 0 N–H and O–H groups in total. The van der Waals surface area contributed by atoms with Crippen LogP contribution >= 0.6 is 0 Å². The van der Waals surface area contributed by atoms with Gasteiger partial charge in [-0.2, -0.15) is 0 Å². The van der Waals surface area contributed by atoms with Crippen molar-refractivity contribution >= 4 is 23.7 Å². The van der Waals surface area contributed by atoms with Crippen LogP contribution in [0.25, 0.3) is 0 Å². The molecule has 0 spiro atoms. The van der Waals surface area contributed by atoms with Crippen LogP contribution in [-0.2, 0) is 33.4 Å². The molecule has 3 fully saturated rings. The Hall–Kier alpha value is -2.18. The van der Waals surface area contributed by atoms with Crippen molar-refractivity contribution in [2.24, 2.45) is 35.5 Å². The molecule has 0 unspecified atom stereocenters. The van der Waals surface area contributed by atoms with Gasteiger partial charge >= 0.3 is 17.9 Å². The zero-order valence-corrected chi connectivity index (χ0v) is 19.3. The van der Waals surface area contributed by atoms with E-state index in [0.29, 0.717) is 30.1 Å². The molecule has 0 saturated heterocycles. The van der Waals surface area contributed by atoms with E-state index in [-0.39, 0.29) is 30.2 Å². The summed E-state index contributed by atoms with van der Waals surface area (Å²) in [5.41, 5.74) is 0.227. The number of ketones is 1. The molecule has 32 heavy (non-hydrogen) atoms. The third-order valence-electron chi connectivity index (χ3n) is 8.57. The third-order valence-corrected chi connectivity index (χ3v) is 8.57. The fourth-order valence-corrected chi connectivity index (χ4v) is 7.38. The van der Waals surface area contributed by atoms with Crippen LogP contribution in [-0.4, -0.2) is 43.0 Å². The van der Waals surface area contributed by atoms with Crippen LogP contribution in [0, 0.1) is 35.5 Å². The standard InChI is InChI=1S/C25H34O7/c1-14(26)31-13-23(28)25(32-15(2)27)11-10-21-20-7-4-16-12-17(24(29)30-3)5-6-18(16)19(20)8-9-22(21)25/h4,17-22H,5-13H2,1-3H3/t17-,18-,19-,20-,21+,22-,25-/m1/s1. The second-order valence-corrected chi connectivity index (χ2v) is 10.0. The summed E-state index contributed by atoms with van der Waals surface area (Å²) < 4.78 is 15.7. The average Bonchev–Trinajstić information content (AvgIpc) is 3.15. The van der Waals surface area contributed by atoms with Crippen LogP contribution in [0.3, 0.4) is 0 Å². The topological polar surface area (TPSA) is 96.0 Å². The van der Waals surface area contributed by atoms with E-state index in [9.17, 15) is 19.2 Å². The van der Waals surface area contributed by atoms with Crippen LogP contribution in [0.1, 0.15) is 65.2 Å². The van der Waals surface area contributed by atoms with Crippen LogP contribution in [0.5, 0.6) is 0 Å². The first-order valence-corrected chi connectivity index (χ1v) is 11.9. The minimum absolute atomic E-state index is 0.0302. The molecule has 7 nitrogen and oxygen atoms in total. The highest BCUT2D eigenvalue weighted by atomic mass is 16.6. The summed E-state index contributed by atoms with van der Waals surface area (Å²) >= 11 is 0. The van der Waals surface area contributed by atoms with Gasteiger partial charge in [-0.3, -0.25) is 19.2 Å². The minimum atomic E-state index is -1.18. The molecule has 7 atom stereocenters. The normalized spacial score (nSPS) is 37.8. The Balaban J connectivity index is 1.54. The highest BCUT2D eigenvalue weighted by Crippen LogP contribution is 2.60. The molecule has 4 rings (SSSR count). The zero-order valence-electron chi connectivity index (χ0n) is 19.3. The average molecular weight is 447 g/mol. The Morgan fingerprint density at radius 2 is 1.75 bits per heavy atom. The van der Waals surface area contributed by atoms with Gasteiger partial charge in [0, 0.05) is 19.8 Å². The summed E-state index contributed by atoms with van der Waals surface area (Å²) in [6.45, 7) is 2.27. The molecule has 0 aromatic rings. The molecule has 4 aliphatic carbocycles. The summed E-state index contributed by atoms with van der Waals surface area (Å²) in [7, 11) is 1.46. The molecular formula is C25H34O7. The van der Waals surface area contributed by atoms with E-state index < -0.39 is 17.5 Å². The van der Waals surface area contributed by atoms with Crippen molar-refractivity contribution in [3.63, 3.8) is 0 Å². The van der Waals surface area contributed by atoms with Gasteiger partial charge in [0.2, 0.25) is 5.78 Å². The smallest absolute Gasteiger partial charge is 0.308 e. The summed E-state index contributed by atoms with van der Waals surface area (Å²) in [6.07, 6.45) is 9.09. The van der Waals surface area contributed by atoms with Gasteiger partial charge in [-0.25, -0.2) is 0 Å². The quantitative estimate of drug-likeness (QED) is 0.363. The second-order valence-electron chi connectivity index (χ2n) is 10.0. The van der Waals surface area contributed by atoms with Crippen molar-refractivity contribution in [3.8, 4) is 0 Å². The van der Waals surface area contributed by atoms with E-state index in [1.807, 2.05) is 0 Å². The van der Waals surface area contributed by atoms with Crippen molar-refractivity contribution < 1.29 is 33.4 Å². The lowest BCUT2D eigenvalue weighted by molar-refractivity contribution is -0.176. The second kappa shape index (κ2) is 8.99. The molecule has 0 aromatic heterocycles. The van der Waals surface area contributed by atoms with Gasteiger partial charge in [0.05, 0.1) is 13.0 Å². The Bertz CT molecular complexity index is 830. The van der Waals surface area contributed by atoms with Crippen LogP contribution in [0.4, 0.5) is 0 Å². The van der Waals surface area contributed by atoms with E-state index in [1.165, 1.54) is 26.5 Å². The van der Waals surface area contributed by atoms with E-state index in [4.69, 9.17) is 14.2 Å². The molecule has 0 aromatic carbocycles. The largest absolute Gasteiger partial charge is 0.469 e. The number of Topliss-reactive ketones (excluding diaryl/α,β-unsaturated/α-hetero) is 1. The number of fused-ring (bicyclic) bond motifs is 5. The number of esters is 3. The summed E-state index contributed by atoms with van der Waals surface area (Å²) in [5.74, 6) is 0.375. The molecular weight excluding hydrogens is 412 g/mol. The maximum atomic E-state index is 13.2. The number of carbonyl (C=O) groups excluding carboxylic acids is 4. The molecule has 7 heteroatoms. The number of hydrogen-bond acceptors (Lipinski definition) is 7. The number of ether oxygens (including phenoxy) is 3. The summed E-state index contributed by atoms with van der Waals surface area (Å²) in [5, 5.41) is 0. The van der Waals surface area contributed by atoms with Gasteiger partial charge in [-0.1, -0.05) is 11.6 Å². The Labute approximate surface area is 189 Å². The highest BCUT2D eigenvalue weighted by Gasteiger charge is 2.60. The number of rotatable bonds is 5. The van der Waals surface area contributed by atoms with Crippen LogP contribution in [0.2, 0.25) is 0 Å². The first-order valence-electron chi connectivity index (χ1n) is 11.9. The van der Waals surface area contributed by atoms with Gasteiger partial charge < -0.3 is 14.2 Å². The predicted octanol–water partition coefficient (Wildman–Crippen LogP) is 3.39. The van der Waals surface area contributed by atoms with E-state index in [0.717, 1.165) is 44.9 Å². The SMILES string of the molecule is COC(=O)[C@@H]1CC[C@@H]2C(=CC[C@@H]3[C@@H]2CC[C@@H]2[C@H]3CC[C@]2(OC(C)=O)C(=O)COC(C)=O)C1. The lowest BCUT2D eigenvalue weighted by atomic mass is 9.55. The minimum Gasteiger partial charge on any atom is -0.469 e. The summed E-state index contributed by atoms with van der Waals surface area (Å²) in [4.78, 5) is 48.4.